The highest BCUT2D eigenvalue weighted by molar-refractivity contribution is 4.99. The molecule has 0 heterocycles. The van der Waals surface area contributed by atoms with E-state index in [-0.39, 0.29) is 5.54 Å². The summed E-state index contributed by atoms with van der Waals surface area (Å²) in [5, 5.41) is 0. The lowest BCUT2D eigenvalue weighted by molar-refractivity contribution is -0.110. The van der Waals surface area contributed by atoms with Crippen molar-refractivity contribution in [1.82, 2.24) is 0 Å². The van der Waals surface area contributed by atoms with Gasteiger partial charge in [-0.15, -0.1) is 0 Å². The predicted octanol–water partition coefficient (Wildman–Crippen LogP) is 3.20. The molecule has 1 unspecified atom stereocenters. The Morgan fingerprint density at radius 1 is 1.06 bits per heavy atom. The second-order valence-electron chi connectivity index (χ2n) is 8.01. The Hall–Kier alpha value is -0.0800. The molecule has 0 radical (unpaired) electrons. The van der Waals surface area contributed by atoms with Gasteiger partial charge in [0.15, 0.2) is 0 Å². The van der Waals surface area contributed by atoms with E-state index in [4.69, 9.17) is 10.5 Å². The molecule has 4 saturated carbocycles. The molecule has 4 fully saturated rings. The van der Waals surface area contributed by atoms with Crippen molar-refractivity contribution in [2.75, 3.05) is 6.61 Å². The Kier molecular flexibility index (Phi) is 3.22. The molecular formula is C16H29NO. The van der Waals surface area contributed by atoms with Gasteiger partial charge in [-0.2, -0.15) is 0 Å². The Balaban J connectivity index is 1.62. The van der Waals surface area contributed by atoms with Crippen LogP contribution in [0.1, 0.15) is 52.9 Å². The van der Waals surface area contributed by atoms with Crippen LogP contribution in [0.25, 0.3) is 0 Å². The van der Waals surface area contributed by atoms with E-state index in [1.807, 2.05) is 0 Å². The molecule has 2 N–H and O–H groups in total. The van der Waals surface area contributed by atoms with Gasteiger partial charge in [-0.1, -0.05) is 0 Å². The minimum Gasteiger partial charge on any atom is -0.376 e. The quantitative estimate of drug-likeness (QED) is 0.832. The van der Waals surface area contributed by atoms with Crippen LogP contribution in [0.2, 0.25) is 0 Å². The summed E-state index contributed by atoms with van der Waals surface area (Å²) < 4.78 is 6.11. The van der Waals surface area contributed by atoms with Crippen LogP contribution in [-0.2, 0) is 4.74 Å². The molecule has 0 aromatic carbocycles. The molecule has 0 aromatic heterocycles. The van der Waals surface area contributed by atoms with Crippen LogP contribution in [-0.4, -0.2) is 18.2 Å². The van der Waals surface area contributed by atoms with Gasteiger partial charge in [-0.05, 0) is 82.5 Å². The van der Waals surface area contributed by atoms with Crippen molar-refractivity contribution in [2.45, 2.75) is 64.5 Å². The lowest BCUT2D eigenvalue weighted by atomic mass is 9.51. The maximum absolute atomic E-state index is 6.11. The van der Waals surface area contributed by atoms with Crippen molar-refractivity contribution < 1.29 is 4.74 Å². The first kappa shape index (κ1) is 12.9. The fourth-order valence-electron chi connectivity index (χ4n) is 5.19. The van der Waals surface area contributed by atoms with Crippen molar-refractivity contribution in [1.29, 1.82) is 0 Å². The van der Waals surface area contributed by atoms with E-state index in [0.717, 1.165) is 29.6 Å². The van der Waals surface area contributed by atoms with Gasteiger partial charge in [0.25, 0.3) is 0 Å². The van der Waals surface area contributed by atoms with Gasteiger partial charge >= 0.3 is 0 Å². The second kappa shape index (κ2) is 4.49. The highest BCUT2D eigenvalue weighted by Gasteiger charge is 2.49. The molecule has 2 nitrogen and oxygen atoms in total. The summed E-state index contributed by atoms with van der Waals surface area (Å²) in [5.41, 5.74) is 5.84. The maximum atomic E-state index is 6.11. The molecule has 1 atom stereocenters. The van der Waals surface area contributed by atoms with Gasteiger partial charge in [0.05, 0.1) is 12.7 Å². The van der Waals surface area contributed by atoms with Gasteiger partial charge in [-0.3, -0.25) is 0 Å². The number of ether oxygens (including phenoxy) is 1. The highest BCUT2D eigenvalue weighted by Crippen LogP contribution is 2.57. The van der Waals surface area contributed by atoms with E-state index < -0.39 is 0 Å². The molecule has 0 aliphatic heterocycles. The van der Waals surface area contributed by atoms with Crippen LogP contribution in [0.15, 0.2) is 0 Å². The van der Waals surface area contributed by atoms with Gasteiger partial charge in [0, 0.05) is 5.54 Å². The zero-order valence-electron chi connectivity index (χ0n) is 12.2. The Bertz CT molecular complexity index is 279. The molecule has 4 aliphatic rings. The van der Waals surface area contributed by atoms with E-state index in [9.17, 15) is 0 Å². The van der Waals surface area contributed by atoms with Crippen LogP contribution < -0.4 is 5.73 Å². The standard InChI is InChI=1S/C16H29NO/c1-10(18-9-16(2,3)17)15-13-5-11-4-12(7-13)8-14(15)6-11/h10-15H,4-9,17H2,1-3H3. The zero-order chi connectivity index (χ0) is 12.9. The molecule has 4 bridgehead atoms. The van der Waals surface area contributed by atoms with E-state index >= 15 is 0 Å². The summed E-state index contributed by atoms with van der Waals surface area (Å²) in [6.07, 6.45) is 7.87. The molecule has 0 amide bonds. The van der Waals surface area contributed by atoms with Crippen molar-refractivity contribution in [3.63, 3.8) is 0 Å². The summed E-state index contributed by atoms with van der Waals surface area (Å²) >= 11 is 0. The minimum absolute atomic E-state index is 0.194. The van der Waals surface area contributed by atoms with Crippen LogP contribution in [0.3, 0.4) is 0 Å². The zero-order valence-corrected chi connectivity index (χ0v) is 12.2. The fourth-order valence-corrected chi connectivity index (χ4v) is 5.19. The van der Waals surface area contributed by atoms with Gasteiger partial charge in [0.1, 0.15) is 0 Å². The third-order valence-electron chi connectivity index (χ3n) is 5.56. The first-order valence-corrected chi connectivity index (χ1v) is 7.83. The van der Waals surface area contributed by atoms with Crippen molar-refractivity contribution in [2.24, 2.45) is 35.3 Å². The van der Waals surface area contributed by atoms with Crippen molar-refractivity contribution >= 4 is 0 Å². The third-order valence-corrected chi connectivity index (χ3v) is 5.56. The molecule has 2 heteroatoms. The maximum Gasteiger partial charge on any atom is 0.0644 e. The molecule has 0 spiro atoms. The fraction of sp³-hybridized carbons (Fsp3) is 1.00. The van der Waals surface area contributed by atoms with Gasteiger partial charge < -0.3 is 10.5 Å². The Labute approximate surface area is 112 Å². The number of hydrogen-bond acceptors (Lipinski definition) is 2. The largest absolute Gasteiger partial charge is 0.376 e. The van der Waals surface area contributed by atoms with Gasteiger partial charge in [0.2, 0.25) is 0 Å². The van der Waals surface area contributed by atoms with Crippen LogP contribution in [0, 0.1) is 29.6 Å². The first-order chi connectivity index (χ1) is 8.42. The van der Waals surface area contributed by atoms with E-state index in [0.29, 0.717) is 12.7 Å². The lowest BCUT2D eigenvalue weighted by Gasteiger charge is -2.56. The number of hydrogen-bond donors (Lipinski definition) is 1. The van der Waals surface area contributed by atoms with Crippen molar-refractivity contribution in [3.8, 4) is 0 Å². The normalized spacial score (nSPS) is 44.3. The van der Waals surface area contributed by atoms with Gasteiger partial charge in [-0.25, -0.2) is 0 Å². The van der Waals surface area contributed by atoms with Crippen LogP contribution in [0.4, 0.5) is 0 Å². The Morgan fingerprint density at radius 2 is 1.56 bits per heavy atom. The average Bonchev–Trinajstić information content (AvgIpc) is 2.23. The smallest absolute Gasteiger partial charge is 0.0644 e. The predicted molar refractivity (Wildman–Crippen MR) is 74.2 cm³/mol. The molecule has 104 valence electrons. The minimum atomic E-state index is -0.194. The summed E-state index contributed by atoms with van der Waals surface area (Å²) in [4.78, 5) is 0. The topological polar surface area (TPSA) is 35.2 Å². The molecular weight excluding hydrogens is 222 g/mol. The van der Waals surface area contributed by atoms with E-state index in [1.165, 1.54) is 32.1 Å². The molecule has 0 aromatic rings. The highest BCUT2D eigenvalue weighted by atomic mass is 16.5. The summed E-state index contributed by atoms with van der Waals surface area (Å²) in [5.74, 6) is 4.85. The lowest BCUT2D eigenvalue weighted by Crippen LogP contribution is -2.50. The SMILES string of the molecule is CC(OCC(C)(C)N)C1C2CC3CC(C2)CC1C3. The first-order valence-electron chi connectivity index (χ1n) is 7.83. The third kappa shape index (κ3) is 2.46. The second-order valence-corrected chi connectivity index (χ2v) is 8.01. The molecule has 4 aliphatic carbocycles. The van der Waals surface area contributed by atoms with Crippen molar-refractivity contribution in [3.05, 3.63) is 0 Å². The van der Waals surface area contributed by atoms with Crippen LogP contribution >= 0.6 is 0 Å². The van der Waals surface area contributed by atoms with Crippen LogP contribution in [0.5, 0.6) is 0 Å². The summed E-state index contributed by atoms with van der Waals surface area (Å²) in [6, 6.07) is 0. The summed E-state index contributed by atoms with van der Waals surface area (Å²) in [7, 11) is 0. The molecule has 4 rings (SSSR count). The summed E-state index contributed by atoms with van der Waals surface area (Å²) in [6.45, 7) is 7.09. The number of rotatable bonds is 4. The molecule has 18 heavy (non-hydrogen) atoms. The van der Waals surface area contributed by atoms with E-state index in [2.05, 4.69) is 20.8 Å². The average molecular weight is 251 g/mol. The number of nitrogens with two attached hydrogens (primary N) is 1. The molecule has 0 saturated heterocycles. The Morgan fingerprint density at radius 3 is 2.00 bits per heavy atom. The monoisotopic (exact) mass is 251 g/mol. The van der Waals surface area contributed by atoms with E-state index in [1.54, 1.807) is 0 Å².